The number of nitrogens with two attached hydrogens (primary N) is 2. The molecule has 0 aliphatic carbocycles. The summed E-state index contributed by atoms with van der Waals surface area (Å²) in [6.07, 6.45) is 2.60. The topological polar surface area (TPSA) is 129 Å². The van der Waals surface area contributed by atoms with Crippen LogP contribution in [0.1, 0.15) is 52.0 Å². The number of aliphatic hydroxyl groups excluding tert-OH is 1. The SMILES string of the molecule is COCCCOc1cc(C[C@@H](C[C@H](N)[C@@H](O)C[C@@H](C)C(=O)NCCCN)C(C)C)ccc1OC.Cl.Cl. The Labute approximate surface area is 230 Å². The Morgan fingerprint density at radius 2 is 1.75 bits per heavy atom. The van der Waals surface area contributed by atoms with E-state index in [1.807, 2.05) is 25.1 Å². The zero-order chi connectivity index (χ0) is 25.5. The number of carbonyl (C=O) groups excluding carboxylic acids is 1. The van der Waals surface area contributed by atoms with Crippen LogP contribution in [0.15, 0.2) is 18.2 Å². The second-order valence-electron chi connectivity index (χ2n) is 9.43. The average molecular weight is 555 g/mol. The van der Waals surface area contributed by atoms with E-state index in [9.17, 15) is 9.90 Å². The lowest BCUT2D eigenvalue weighted by molar-refractivity contribution is -0.125. The zero-order valence-corrected chi connectivity index (χ0v) is 24.2. The number of benzene rings is 1. The van der Waals surface area contributed by atoms with Crippen LogP contribution in [0.4, 0.5) is 0 Å². The number of carbonyl (C=O) groups is 1. The fourth-order valence-corrected chi connectivity index (χ4v) is 3.88. The lowest BCUT2D eigenvalue weighted by Crippen LogP contribution is -2.41. The molecule has 0 aliphatic heterocycles. The third-order valence-corrected chi connectivity index (χ3v) is 6.21. The van der Waals surface area contributed by atoms with Gasteiger partial charge >= 0.3 is 0 Å². The highest BCUT2D eigenvalue weighted by atomic mass is 35.5. The molecule has 1 amide bonds. The van der Waals surface area contributed by atoms with E-state index >= 15 is 0 Å². The van der Waals surface area contributed by atoms with Gasteiger partial charge in [-0.15, -0.1) is 24.8 Å². The highest BCUT2D eigenvalue weighted by molar-refractivity contribution is 5.85. The smallest absolute Gasteiger partial charge is 0.222 e. The molecule has 4 atom stereocenters. The minimum atomic E-state index is -0.743. The van der Waals surface area contributed by atoms with E-state index in [1.165, 1.54) is 0 Å². The molecular formula is C26H49Cl2N3O5. The van der Waals surface area contributed by atoms with Gasteiger partial charge < -0.3 is 36.1 Å². The van der Waals surface area contributed by atoms with Crippen LogP contribution in [-0.2, 0) is 16.0 Å². The summed E-state index contributed by atoms with van der Waals surface area (Å²) in [6, 6.07) is 5.59. The molecule has 0 aromatic heterocycles. The van der Waals surface area contributed by atoms with Crippen LogP contribution in [0.2, 0.25) is 0 Å². The van der Waals surface area contributed by atoms with Gasteiger partial charge in [-0.05, 0) is 61.8 Å². The second-order valence-corrected chi connectivity index (χ2v) is 9.43. The van der Waals surface area contributed by atoms with Gasteiger partial charge in [0.05, 0.1) is 19.8 Å². The van der Waals surface area contributed by atoms with Crippen molar-refractivity contribution in [3.63, 3.8) is 0 Å². The molecule has 1 aromatic rings. The monoisotopic (exact) mass is 553 g/mol. The first kappa shape index (κ1) is 36.9. The molecular weight excluding hydrogens is 505 g/mol. The molecule has 36 heavy (non-hydrogen) atoms. The van der Waals surface area contributed by atoms with Gasteiger partial charge in [0, 0.05) is 38.6 Å². The normalized spacial score (nSPS) is 14.1. The Balaban J connectivity index is 0. The Morgan fingerprint density at radius 3 is 2.33 bits per heavy atom. The molecule has 6 N–H and O–H groups in total. The summed E-state index contributed by atoms with van der Waals surface area (Å²) in [4.78, 5) is 12.2. The fourth-order valence-electron chi connectivity index (χ4n) is 3.88. The number of methoxy groups -OCH3 is 2. The van der Waals surface area contributed by atoms with Crippen molar-refractivity contribution >= 4 is 30.7 Å². The predicted molar refractivity (Wildman–Crippen MR) is 151 cm³/mol. The summed E-state index contributed by atoms with van der Waals surface area (Å²) < 4.78 is 16.4. The van der Waals surface area contributed by atoms with Gasteiger partial charge in [-0.2, -0.15) is 0 Å². The molecule has 0 saturated heterocycles. The molecule has 1 aromatic carbocycles. The summed E-state index contributed by atoms with van der Waals surface area (Å²) in [5.41, 5.74) is 13.0. The van der Waals surface area contributed by atoms with Crippen molar-refractivity contribution in [1.29, 1.82) is 0 Å². The van der Waals surface area contributed by atoms with Crippen LogP contribution >= 0.6 is 24.8 Å². The van der Waals surface area contributed by atoms with E-state index in [1.54, 1.807) is 14.2 Å². The van der Waals surface area contributed by atoms with Crippen molar-refractivity contribution in [2.45, 2.75) is 65.0 Å². The molecule has 212 valence electrons. The standard InChI is InChI=1S/C26H47N3O5.2ClH/c1-18(2)21(17-22(28)23(30)14-19(3)26(31)29-11-6-10-27)15-20-8-9-24(33-5)25(16-20)34-13-7-12-32-4;;/h8-9,16,18-19,21-23,30H,6-7,10-15,17,27-28H2,1-5H3,(H,29,31);2*1H/t19-,21+,22+,23+;;/m1../s1. The molecule has 0 fully saturated rings. The molecule has 0 spiro atoms. The van der Waals surface area contributed by atoms with Gasteiger partial charge in [-0.25, -0.2) is 0 Å². The average Bonchev–Trinajstić information content (AvgIpc) is 2.81. The van der Waals surface area contributed by atoms with Crippen molar-refractivity contribution < 1.29 is 24.1 Å². The summed E-state index contributed by atoms with van der Waals surface area (Å²) in [6.45, 7) is 8.44. The van der Waals surface area contributed by atoms with E-state index < -0.39 is 12.1 Å². The summed E-state index contributed by atoms with van der Waals surface area (Å²) >= 11 is 0. The van der Waals surface area contributed by atoms with Crippen molar-refractivity contribution in [3.8, 4) is 11.5 Å². The first-order chi connectivity index (χ1) is 16.2. The lowest BCUT2D eigenvalue weighted by Gasteiger charge is -2.28. The number of halogens is 2. The number of aliphatic hydroxyl groups is 1. The maximum absolute atomic E-state index is 12.2. The molecule has 0 bridgehead atoms. The molecule has 8 nitrogen and oxygen atoms in total. The Kier molecular flexibility index (Phi) is 21.2. The van der Waals surface area contributed by atoms with Crippen molar-refractivity contribution in [2.24, 2.45) is 29.2 Å². The molecule has 0 saturated carbocycles. The van der Waals surface area contributed by atoms with Gasteiger partial charge in [0.25, 0.3) is 0 Å². The van der Waals surface area contributed by atoms with Gasteiger partial charge in [-0.1, -0.05) is 26.8 Å². The summed E-state index contributed by atoms with van der Waals surface area (Å²) in [5, 5.41) is 13.5. The minimum Gasteiger partial charge on any atom is -0.493 e. The first-order valence-corrected chi connectivity index (χ1v) is 12.4. The maximum atomic E-state index is 12.2. The van der Waals surface area contributed by atoms with Crippen LogP contribution in [0.5, 0.6) is 11.5 Å². The van der Waals surface area contributed by atoms with Crippen molar-refractivity contribution in [3.05, 3.63) is 23.8 Å². The van der Waals surface area contributed by atoms with Crippen molar-refractivity contribution in [2.75, 3.05) is 40.5 Å². The van der Waals surface area contributed by atoms with E-state index in [4.69, 9.17) is 25.7 Å². The van der Waals surface area contributed by atoms with E-state index in [2.05, 4.69) is 19.2 Å². The van der Waals surface area contributed by atoms with Crippen molar-refractivity contribution in [1.82, 2.24) is 5.32 Å². The van der Waals surface area contributed by atoms with Crippen LogP contribution < -0.4 is 26.3 Å². The molecule has 10 heteroatoms. The fraction of sp³-hybridized carbons (Fsp3) is 0.731. The molecule has 0 heterocycles. The van der Waals surface area contributed by atoms with E-state index in [0.717, 1.165) is 30.6 Å². The zero-order valence-electron chi connectivity index (χ0n) is 22.5. The quantitative estimate of drug-likeness (QED) is 0.205. The number of amides is 1. The molecule has 0 radical (unpaired) electrons. The maximum Gasteiger partial charge on any atom is 0.222 e. The Morgan fingerprint density at radius 1 is 1.06 bits per heavy atom. The third-order valence-electron chi connectivity index (χ3n) is 6.21. The van der Waals surface area contributed by atoms with Gasteiger partial charge in [0.1, 0.15) is 0 Å². The largest absolute Gasteiger partial charge is 0.493 e. The van der Waals surface area contributed by atoms with E-state index in [-0.39, 0.29) is 42.6 Å². The van der Waals surface area contributed by atoms with Crippen LogP contribution in [0, 0.1) is 17.8 Å². The molecule has 0 aliphatic rings. The Bertz CT molecular complexity index is 712. The van der Waals surface area contributed by atoms with Crippen LogP contribution in [0.25, 0.3) is 0 Å². The number of ether oxygens (including phenoxy) is 3. The van der Waals surface area contributed by atoms with E-state index in [0.29, 0.717) is 50.8 Å². The molecule has 1 rings (SSSR count). The summed E-state index contributed by atoms with van der Waals surface area (Å²) in [7, 11) is 3.31. The highest BCUT2D eigenvalue weighted by Gasteiger charge is 2.26. The third kappa shape index (κ3) is 13.9. The Hall–Kier alpha value is -1.29. The number of nitrogens with one attached hydrogen (secondary N) is 1. The lowest BCUT2D eigenvalue weighted by atomic mass is 9.82. The van der Waals surface area contributed by atoms with Gasteiger partial charge in [0.15, 0.2) is 11.5 Å². The highest BCUT2D eigenvalue weighted by Crippen LogP contribution is 2.31. The number of hydrogen-bond acceptors (Lipinski definition) is 7. The number of hydrogen-bond donors (Lipinski definition) is 4. The number of rotatable bonds is 18. The van der Waals surface area contributed by atoms with Crippen LogP contribution in [0.3, 0.4) is 0 Å². The predicted octanol–water partition coefficient (Wildman–Crippen LogP) is 3.34. The van der Waals surface area contributed by atoms with Gasteiger partial charge in [0.2, 0.25) is 5.91 Å². The first-order valence-electron chi connectivity index (χ1n) is 12.4. The van der Waals surface area contributed by atoms with Gasteiger partial charge in [-0.3, -0.25) is 4.79 Å². The summed E-state index contributed by atoms with van der Waals surface area (Å²) in [5.74, 6) is 1.69. The van der Waals surface area contributed by atoms with Crippen LogP contribution in [-0.4, -0.2) is 63.7 Å². The minimum absolute atomic E-state index is 0. The second kappa shape index (κ2) is 20.7. The molecule has 0 unspecified atom stereocenters.